The van der Waals surface area contributed by atoms with E-state index in [0.29, 0.717) is 11.3 Å². The van der Waals surface area contributed by atoms with E-state index in [-0.39, 0.29) is 10.4 Å². The summed E-state index contributed by atoms with van der Waals surface area (Å²) in [6.45, 7) is 0. The molecule has 0 fully saturated rings. The third kappa shape index (κ3) is 2.48. The van der Waals surface area contributed by atoms with Crippen LogP contribution in [0, 0.1) is 0 Å². The summed E-state index contributed by atoms with van der Waals surface area (Å²) in [6, 6.07) is 13.5. The molecule has 0 spiro atoms. The van der Waals surface area contributed by atoms with Gasteiger partial charge in [0.05, 0.1) is 5.56 Å². The van der Waals surface area contributed by atoms with Gasteiger partial charge in [0, 0.05) is 11.8 Å². The van der Waals surface area contributed by atoms with Crippen molar-refractivity contribution in [2.45, 2.75) is 0 Å². The molecule has 2 heterocycles. The zero-order chi connectivity index (χ0) is 13.2. The minimum absolute atomic E-state index is 0.114. The van der Waals surface area contributed by atoms with Crippen LogP contribution in [0.4, 0.5) is 0 Å². The first-order valence-electron chi connectivity index (χ1n) is 5.58. The van der Waals surface area contributed by atoms with E-state index in [0.717, 1.165) is 11.3 Å². The summed E-state index contributed by atoms with van der Waals surface area (Å²) < 4.78 is 5.77. The monoisotopic (exact) mass is 290 g/mol. The molecule has 3 nitrogen and oxygen atoms in total. The van der Waals surface area contributed by atoms with Gasteiger partial charge in [-0.05, 0) is 23.7 Å². The Hall–Kier alpha value is -1.84. The maximum Gasteiger partial charge on any atom is 0.223 e. The topological polar surface area (TPSA) is 38.9 Å². The van der Waals surface area contributed by atoms with Gasteiger partial charge in [-0.3, -0.25) is 0 Å². The first kappa shape index (κ1) is 12.2. The normalized spacial score (nSPS) is 10.6. The molecule has 5 heteroatoms. The van der Waals surface area contributed by atoms with Crippen LogP contribution in [-0.2, 0) is 0 Å². The van der Waals surface area contributed by atoms with Gasteiger partial charge in [0.15, 0.2) is 0 Å². The van der Waals surface area contributed by atoms with E-state index >= 15 is 0 Å². The lowest BCUT2D eigenvalue weighted by atomic mass is 10.2. The second-order valence-corrected chi connectivity index (χ2v) is 4.57. The summed E-state index contributed by atoms with van der Waals surface area (Å²) in [5, 5.41) is 0.387. The lowest BCUT2D eigenvalue weighted by Crippen LogP contribution is -1.86. The van der Waals surface area contributed by atoms with Crippen molar-refractivity contribution >= 4 is 23.2 Å². The molecule has 19 heavy (non-hydrogen) atoms. The van der Waals surface area contributed by atoms with Crippen molar-refractivity contribution in [2.75, 3.05) is 0 Å². The first-order valence-corrected chi connectivity index (χ1v) is 6.33. The molecule has 3 aromatic rings. The van der Waals surface area contributed by atoms with Crippen molar-refractivity contribution in [2.24, 2.45) is 0 Å². The molecular formula is C14H8Cl2N2O. The van der Waals surface area contributed by atoms with Gasteiger partial charge in [0.2, 0.25) is 5.28 Å². The van der Waals surface area contributed by atoms with Crippen molar-refractivity contribution in [3.05, 3.63) is 59.1 Å². The van der Waals surface area contributed by atoms with Gasteiger partial charge in [-0.25, -0.2) is 9.97 Å². The lowest BCUT2D eigenvalue weighted by Gasteiger charge is -2.00. The van der Waals surface area contributed by atoms with Gasteiger partial charge in [-0.2, -0.15) is 0 Å². The lowest BCUT2D eigenvalue weighted by molar-refractivity contribution is 0.597. The van der Waals surface area contributed by atoms with Gasteiger partial charge in [0.25, 0.3) is 0 Å². The fourth-order valence-electron chi connectivity index (χ4n) is 1.75. The highest BCUT2D eigenvalue weighted by Gasteiger charge is 2.11. The van der Waals surface area contributed by atoms with Crippen LogP contribution in [0.15, 0.2) is 53.1 Å². The molecule has 0 bridgehead atoms. The Kier molecular flexibility index (Phi) is 3.23. The molecule has 0 saturated heterocycles. The van der Waals surface area contributed by atoms with Crippen molar-refractivity contribution < 1.29 is 4.42 Å². The molecule has 2 aromatic heterocycles. The zero-order valence-electron chi connectivity index (χ0n) is 9.68. The number of aromatic nitrogens is 2. The molecule has 0 radical (unpaired) electrons. The van der Waals surface area contributed by atoms with Crippen LogP contribution in [0.25, 0.3) is 22.6 Å². The van der Waals surface area contributed by atoms with E-state index in [2.05, 4.69) is 9.97 Å². The quantitative estimate of drug-likeness (QED) is 0.507. The van der Waals surface area contributed by atoms with Crippen LogP contribution in [0.2, 0.25) is 10.4 Å². The molecule has 0 unspecified atom stereocenters. The molecule has 3 rings (SSSR count). The summed E-state index contributed by atoms with van der Waals surface area (Å²) in [7, 11) is 0. The number of hydrogen-bond acceptors (Lipinski definition) is 3. The van der Waals surface area contributed by atoms with E-state index in [1.807, 2.05) is 42.5 Å². The van der Waals surface area contributed by atoms with E-state index < -0.39 is 0 Å². The first-order chi connectivity index (χ1) is 9.24. The average Bonchev–Trinajstić information content (AvgIpc) is 2.89. The number of hydrogen-bond donors (Lipinski definition) is 0. The number of nitrogens with zero attached hydrogens (tertiary/aromatic N) is 2. The van der Waals surface area contributed by atoms with Gasteiger partial charge in [-0.1, -0.05) is 41.9 Å². The van der Waals surface area contributed by atoms with Gasteiger partial charge >= 0.3 is 0 Å². The van der Waals surface area contributed by atoms with Crippen LogP contribution in [0.3, 0.4) is 0 Å². The molecule has 0 aliphatic rings. The Labute approximate surface area is 119 Å². The average molecular weight is 291 g/mol. The molecule has 1 aromatic carbocycles. The number of benzene rings is 1. The SMILES string of the molecule is Clc1ncc(-c2ccc(-c3ccccc3)o2)c(Cl)n1. The van der Waals surface area contributed by atoms with Crippen LogP contribution in [0.5, 0.6) is 0 Å². The van der Waals surface area contributed by atoms with Crippen molar-refractivity contribution in [3.8, 4) is 22.6 Å². The third-order valence-electron chi connectivity index (χ3n) is 2.64. The number of furan rings is 1. The van der Waals surface area contributed by atoms with E-state index in [1.165, 1.54) is 0 Å². The van der Waals surface area contributed by atoms with Gasteiger partial charge in [0.1, 0.15) is 16.7 Å². The number of halogens is 2. The molecular weight excluding hydrogens is 283 g/mol. The predicted octanol–water partition coefficient (Wildman–Crippen LogP) is 4.71. The molecule has 94 valence electrons. The number of rotatable bonds is 2. The fraction of sp³-hybridized carbons (Fsp3) is 0. The van der Waals surface area contributed by atoms with Crippen LogP contribution < -0.4 is 0 Å². The van der Waals surface area contributed by atoms with Crippen LogP contribution in [0.1, 0.15) is 0 Å². The van der Waals surface area contributed by atoms with Crippen LogP contribution in [-0.4, -0.2) is 9.97 Å². The van der Waals surface area contributed by atoms with Gasteiger partial charge < -0.3 is 4.42 Å². The Morgan fingerprint density at radius 1 is 0.895 bits per heavy atom. The maximum atomic E-state index is 6.02. The van der Waals surface area contributed by atoms with E-state index in [1.54, 1.807) is 6.20 Å². The Balaban J connectivity index is 2.02. The predicted molar refractivity (Wildman–Crippen MR) is 75.2 cm³/mol. The highest BCUT2D eigenvalue weighted by molar-refractivity contribution is 6.33. The second kappa shape index (κ2) is 5.03. The smallest absolute Gasteiger partial charge is 0.223 e. The summed E-state index contributed by atoms with van der Waals surface area (Å²) in [5.41, 5.74) is 1.62. The highest BCUT2D eigenvalue weighted by atomic mass is 35.5. The standard InChI is InChI=1S/C14H8Cl2N2O/c15-13-10(8-17-14(16)18-13)12-7-6-11(19-12)9-4-2-1-3-5-9/h1-8H. The summed E-state index contributed by atoms with van der Waals surface area (Å²) in [4.78, 5) is 7.80. The second-order valence-electron chi connectivity index (χ2n) is 3.87. The van der Waals surface area contributed by atoms with Crippen molar-refractivity contribution in [1.82, 2.24) is 9.97 Å². The van der Waals surface area contributed by atoms with E-state index in [4.69, 9.17) is 27.6 Å². The Morgan fingerprint density at radius 3 is 2.37 bits per heavy atom. The third-order valence-corrected chi connectivity index (χ3v) is 3.11. The molecule has 0 N–H and O–H groups in total. The summed E-state index contributed by atoms with van der Waals surface area (Å²) >= 11 is 11.7. The minimum atomic E-state index is 0.114. The Bertz CT molecular complexity index is 710. The highest BCUT2D eigenvalue weighted by Crippen LogP contribution is 2.31. The minimum Gasteiger partial charge on any atom is -0.456 e. The largest absolute Gasteiger partial charge is 0.456 e. The molecule has 0 atom stereocenters. The maximum absolute atomic E-state index is 6.02. The Morgan fingerprint density at radius 2 is 1.63 bits per heavy atom. The zero-order valence-corrected chi connectivity index (χ0v) is 11.2. The molecule has 0 aliphatic carbocycles. The van der Waals surface area contributed by atoms with Crippen molar-refractivity contribution in [3.63, 3.8) is 0 Å². The summed E-state index contributed by atoms with van der Waals surface area (Å²) in [6.07, 6.45) is 1.55. The van der Waals surface area contributed by atoms with E-state index in [9.17, 15) is 0 Å². The van der Waals surface area contributed by atoms with Gasteiger partial charge in [-0.15, -0.1) is 0 Å². The van der Waals surface area contributed by atoms with Crippen LogP contribution >= 0.6 is 23.2 Å². The fourth-order valence-corrected chi connectivity index (χ4v) is 2.15. The molecule has 0 amide bonds. The molecule has 0 aliphatic heterocycles. The molecule has 0 saturated carbocycles. The summed E-state index contributed by atoms with van der Waals surface area (Å²) in [5.74, 6) is 1.38. The van der Waals surface area contributed by atoms with Crippen molar-refractivity contribution in [1.29, 1.82) is 0 Å².